The van der Waals surface area contributed by atoms with Crippen LogP contribution in [0.15, 0.2) is 42.5 Å². The first-order chi connectivity index (χ1) is 14.2. The summed E-state index contributed by atoms with van der Waals surface area (Å²) in [5.74, 6) is 2.53. The van der Waals surface area contributed by atoms with Gasteiger partial charge in [0.15, 0.2) is 11.5 Å². The molecule has 0 spiro atoms. The lowest BCUT2D eigenvalue weighted by Crippen LogP contribution is -2.49. The summed E-state index contributed by atoms with van der Waals surface area (Å²) in [6.45, 7) is 5.83. The molecule has 7 nitrogen and oxygen atoms in total. The number of rotatable bonds is 7. The molecule has 0 atom stereocenters. The van der Waals surface area contributed by atoms with Gasteiger partial charge in [-0.05, 0) is 35.4 Å². The Bertz CT molecular complexity index is 832. The summed E-state index contributed by atoms with van der Waals surface area (Å²) in [5.41, 5.74) is 2.28. The van der Waals surface area contributed by atoms with Crippen molar-refractivity contribution in [1.29, 1.82) is 0 Å². The highest BCUT2D eigenvalue weighted by atomic mass is 16.7. The fraction of sp³-hybridized carbons (Fsp3) is 0.409. The van der Waals surface area contributed by atoms with Gasteiger partial charge in [0, 0.05) is 39.3 Å². The maximum Gasteiger partial charge on any atom is 0.234 e. The van der Waals surface area contributed by atoms with Gasteiger partial charge in [-0.2, -0.15) is 0 Å². The van der Waals surface area contributed by atoms with Crippen LogP contribution in [0.4, 0.5) is 0 Å². The molecule has 0 aliphatic carbocycles. The Balaban J connectivity index is 1.18. The van der Waals surface area contributed by atoms with E-state index >= 15 is 0 Å². The lowest BCUT2D eigenvalue weighted by Gasteiger charge is -2.34. The van der Waals surface area contributed by atoms with Crippen molar-refractivity contribution in [3.05, 3.63) is 53.6 Å². The third kappa shape index (κ3) is 5.19. The molecule has 29 heavy (non-hydrogen) atoms. The standard InChI is InChI=1S/C22H27N3O4/c1-27-19-5-2-17(3-6-19)13-23-22(26)15-25-10-8-24(9-11-25)14-18-4-7-20-21(12-18)29-16-28-20/h2-7,12H,8-11,13-16H2,1H3,(H,23,26). The van der Waals surface area contributed by atoms with Crippen molar-refractivity contribution >= 4 is 5.91 Å². The predicted molar refractivity (Wildman–Crippen MR) is 109 cm³/mol. The number of hydrogen-bond donors (Lipinski definition) is 1. The van der Waals surface area contributed by atoms with Gasteiger partial charge in [-0.25, -0.2) is 0 Å². The van der Waals surface area contributed by atoms with Gasteiger partial charge < -0.3 is 19.5 Å². The molecule has 0 aromatic heterocycles. The Hall–Kier alpha value is -2.77. The SMILES string of the molecule is COc1ccc(CNC(=O)CN2CCN(Cc3ccc4c(c3)OCO4)CC2)cc1. The van der Waals surface area contributed by atoms with Gasteiger partial charge in [-0.1, -0.05) is 18.2 Å². The van der Waals surface area contributed by atoms with Gasteiger partial charge >= 0.3 is 0 Å². The van der Waals surface area contributed by atoms with Gasteiger partial charge in [0.05, 0.1) is 13.7 Å². The van der Waals surface area contributed by atoms with Gasteiger partial charge in [0.1, 0.15) is 5.75 Å². The first-order valence-corrected chi connectivity index (χ1v) is 9.92. The van der Waals surface area contributed by atoms with E-state index in [0.29, 0.717) is 19.9 Å². The van der Waals surface area contributed by atoms with Gasteiger partial charge in [-0.3, -0.25) is 14.6 Å². The fourth-order valence-corrected chi connectivity index (χ4v) is 3.61. The number of amides is 1. The smallest absolute Gasteiger partial charge is 0.234 e. The first-order valence-electron chi connectivity index (χ1n) is 9.92. The third-order valence-electron chi connectivity index (χ3n) is 5.32. The minimum absolute atomic E-state index is 0.0602. The van der Waals surface area contributed by atoms with Crippen molar-refractivity contribution in [2.24, 2.45) is 0 Å². The summed E-state index contributed by atoms with van der Waals surface area (Å²) < 4.78 is 16.0. The van der Waals surface area contributed by atoms with Crippen LogP contribution in [-0.4, -0.2) is 62.3 Å². The number of ether oxygens (including phenoxy) is 3. The zero-order valence-electron chi connectivity index (χ0n) is 16.7. The molecule has 0 bridgehead atoms. The van der Waals surface area contributed by atoms with E-state index in [-0.39, 0.29) is 5.91 Å². The molecular weight excluding hydrogens is 370 g/mol. The van der Waals surface area contributed by atoms with Crippen LogP contribution < -0.4 is 19.5 Å². The van der Waals surface area contributed by atoms with Crippen molar-refractivity contribution in [2.75, 3.05) is 46.6 Å². The topological polar surface area (TPSA) is 63.3 Å². The van der Waals surface area contributed by atoms with E-state index in [0.717, 1.165) is 55.5 Å². The van der Waals surface area contributed by atoms with Gasteiger partial charge in [0.25, 0.3) is 0 Å². The molecule has 0 unspecified atom stereocenters. The molecule has 0 saturated carbocycles. The second-order valence-corrected chi connectivity index (χ2v) is 7.36. The molecule has 7 heteroatoms. The average Bonchev–Trinajstić information content (AvgIpc) is 3.22. The summed E-state index contributed by atoms with van der Waals surface area (Å²) in [6, 6.07) is 13.9. The first kappa shape index (κ1) is 19.5. The Labute approximate surface area is 171 Å². The maximum absolute atomic E-state index is 12.3. The maximum atomic E-state index is 12.3. The lowest BCUT2D eigenvalue weighted by atomic mass is 10.1. The Morgan fingerprint density at radius 1 is 0.966 bits per heavy atom. The van der Waals surface area contributed by atoms with E-state index in [2.05, 4.69) is 27.2 Å². The number of hydrogen-bond acceptors (Lipinski definition) is 6. The molecule has 1 fully saturated rings. The van der Waals surface area contributed by atoms with Crippen molar-refractivity contribution in [1.82, 2.24) is 15.1 Å². The van der Waals surface area contributed by atoms with E-state index in [1.807, 2.05) is 30.3 Å². The molecule has 0 radical (unpaired) electrons. The number of benzene rings is 2. The van der Waals surface area contributed by atoms with Crippen molar-refractivity contribution in [3.8, 4) is 17.2 Å². The molecular formula is C22H27N3O4. The molecule has 1 saturated heterocycles. The molecule has 2 aromatic rings. The quantitative estimate of drug-likeness (QED) is 0.770. The van der Waals surface area contributed by atoms with E-state index in [4.69, 9.17) is 14.2 Å². The number of nitrogens with zero attached hydrogens (tertiary/aromatic N) is 2. The zero-order valence-corrected chi connectivity index (χ0v) is 16.7. The fourth-order valence-electron chi connectivity index (χ4n) is 3.61. The molecule has 1 amide bonds. The van der Waals surface area contributed by atoms with Gasteiger partial charge in [0.2, 0.25) is 12.7 Å². The second kappa shape index (κ2) is 9.15. The highest BCUT2D eigenvalue weighted by Gasteiger charge is 2.20. The Kier molecular flexibility index (Phi) is 6.17. The number of carbonyl (C=O) groups excluding carboxylic acids is 1. The molecule has 2 heterocycles. The summed E-state index contributed by atoms with van der Waals surface area (Å²) in [6.07, 6.45) is 0. The summed E-state index contributed by atoms with van der Waals surface area (Å²) in [4.78, 5) is 16.9. The number of fused-ring (bicyclic) bond motifs is 1. The average molecular weight is 397 g/mol. The normalized spacial score (nSPS) is 16.6. The van der Waals surface area contributed by atoms with E-state index in [9.17, 15) is 4.79 Å². The van der Waals surface area contributed by atoms with Gasteiger partial charge in [-0.15, -0.1) is 0 Å². The van der Waals surface area contributed by atoms with Crippen molar-refractivity contribution in [3.63, 3.8) is 0 Å². The van der Waals surface area contributed by atoms with Crippen LogP contribution in [0.3, 0.4) is 0 Å². The van der Waals surface area contributed by atoms with Crippen molar-refractivity contribution < 1.29 is 19.0 Å². The Morgan fingerprint density at radius 2 is 1.66 bits per heavy atom. The van der Waals surface area contributed by atoms with Crippen LogP contribution in [0.25, 0.3) is 0 Å². The van der Waals surface area contributed by atoms with Crippen LogP contribution >= 0.6 is 0 Å². The van der Waals surface area contributed by atoms with Crippen molar-refractivity contribution in [2.45, 2.75) is 13.1 Å². The molecule has 4 rings (SSSR count). The van der Waals surface area contributed by atoms with Crippen LogP contribution in [0.5, 0.6) is 17.2 Å². The summed E-state index contributed by atoms with van der Waals surface area (Å²) >= 11 is 0. The molecule has 2 aliphatic heterocycles. The van der Waals surface area contributed by atoms with E-state index < -0.39 is 0 Å². The second-order valence-electron chi connectivity index (χ2n) is 7.36. The van der Waals surface area contributed by atoms with E-state index in [1.165, 1.54) is 5.56 Å². The number of piperazine rings is 1. The minimum Gasteiger partial charge on any atom is -0.497 e. The minimum atomic E-state index is 0.0602. The van der Waals surface area contributed by atoms with Crippen LogP contribution in [-0.2, 0) is 17.9 Å². The Morgan fingerprint density at radius 3 is 2.41 bits per heavy atom. The number of carbonyl (C=O) groups is 1. The molecule has 1 N–H and O–H groups in total. The van der Waals surface area contributed by atoms with Crippen LogP contribution in [0, 0.1) is 0 Å². The zero-order chi connectivity index (χ0) is 20.1. The lowest BCUT2D eigenvalue weighted by molar-refractivity contribution is -0.122. The largest absolute Gasteiger partial charge is 0.497 e. The molecule has 2 aromatic carbocycles. The van der Waals surface area contributed by atoms with Crippen LogP contribution in [0.2, 0.25) is 0 Å². The number of methoxy groups -OCH3 is 1. The molecule has 2 aliphatic rings. The monoisotopic (exact) mass is 397 g/mol. The predicted octanol–water partition coefficient (Wildman–Crippen LogP) is 1.86. The number of nitrogens with one attached hydrogen (secondary N) is 1. The molecule has 154 valence electrons. The third-order valence-corrected chi connectivity index (χ3v) is 5.32. The highest BCUT2D eigenvalue weighted by Crippen LogP contribution is 2.32. The summed E-state index contributed by atoms with van der Waals surface area (Å²) in [7, 11) is 1.64. The highest BCUT2D eigenvalue weighted by molar-refractivity contribution is 5.78. The van der Waals surface area contributed by atoms with E-state index in [1.54, 1.807) is 7.11 Å². The van der Waals surface area contributed by atoms with Crippen LogP contribution in [0.1, 0.15) is 11.1 Å². The summed E-state index contributed by atoms with van der Waals surface area (Å²) in [5, 5.41) is 3.00.